The summed E-state index contributed by atoms with van der Waals surface area (Å²) in [5.74, 6) is -0.277. The Balaban J connectivity index is 2.52. The Labute approximate surface area is 290 Å². The number of unbranched alkanes of at least 4 members (excludes halogenated alkanes) is 9. The minimum atomic E-state index is -1.57. The highest BCUT2D eigenvalue weighted by Crippen LogP contribution is 2.22. The lowest BCUT2D eigenvalue weighted by Crippen LogP contribution is -2.60. The van der Waals surface area contributed by atoms with Crippen LogP contribution >= 0.6 is 0 Å². The standard InChI is InChI=1S/C39H67NO8/c1-3-5-7-9-11-13-15-16-17-18-19-21-23-25-27-29-35(43)40-32(31-47-39-38(46)37(45)36(44)34(30-41)48-39)33(42)28-26-24-22-20-14-12-10-8-6-4-2/h5,7,11,13,16-17,19,21,25,27,32-34,36-39,41-42,44-46H,3-4,6,8-10,12,14-15,18,20,22-24,26,28-31H2,1-2H3,(H,40,43)/b7-5-,13-11-,17-16-,21-19-,27-25-. The number of carbonyl (C=O) groups excluding carboxylic acids is 1. The van der Waals surface area contributed by atoms with Crippen molar-refractivity contribution in [2.24, 2.45) is 0 Å². The van der Waals surface area contributed by atoms with Gasteiger partial charge in [0, 0.05) is 6.42 Å². The number of rotatable bonds is 28. The van der Waals surface area contributed by atoms with E-state index in [1.54, 1.807) is 6.08 Å². The van der Waals surface area contributed by atoms with E-state index in [-0.39, 0.29) is 18.9 Å². The maximum Gasteiger partial charge on any atom is 0.224 e. The Morgan fingerprint density at radius 2 is 1.21 bits per heavy atom. The first-order valence-corrected chi connectivity index (χ1v) is 18.5. The van der Waals surface area contributed by atoms with E-state index >= 15 is 0 Å². The zero-order valence-corrected chi connectivity index (χ0v) is 29.7. The Morgan fingerprint density at radius 1 is 0.708 bits per heavy atom. The predicted molar refractivity (Wildman–Crippen MR) is 193 cm³/mol. The minimum Gasteiger partial charge on any atom is -0.394 e. The number of hydrogen-bond donors (Lipinski definition) is 6. The molecule has 0 aromatic carbocycles. The molecule has 1 saturated heterocycles. The summed E-state index contributed by atoms with van der Waals surface area (Å²) in [6.45, 7) is 3.60. The molecule has 0 aliphatic carbocycles. The largest absolute Gasteiger partial charge is 0.394 e. The molecule has 0 spiro atoms. The van der Waals surface area contributed by atoms with Crippen molar-refractivity contribution < 1.29 is 39.8 Å². The third-order valence-corrected chi connectivity index (χ3v) is 8.41. The third-order valence-electron chi connectivity index (χ3n) is 8.41. The number of hydrogen-bond acceptors (Lipinski definition) is 8. The Kier molecular flexibility index (Phi) is 27.2. The molecule has 1 heterocycles. The van der Waals surface area contributed by atoms with Crippen LogP contribution in [0.1, 0.15) is 123 Å². The van der Waals surface area contributed by atoms with Gasteiger partial charge in [-0.1, -0.05) is 139 Å². The fourth-order valence-corrected chi connectivity index (χ4v) is 5.40. The molecule has 1 rings (SSSR count). The van der Waals surface area contributed by atoms with Crippen molar-refractivity contribution in [3.8, 4) is 0 Å². The summed E-state index contributed by atoms with van der Waals surface area (Å²) in [5.41, 5.74) is 0. The van der Waals surface area contributed by atoms with Gasteiger partial charge in [0.05, 0.1) is 25.4 Å². The molecule has 0 saturated carbocycles. The smallest absolute Gasteiger partial charge is 0.224 e. The molecule has 9 heteroatoms. The van der Waals surface area contributed by atoms with Gasteiger partial charge in [-0.3, -0.25) is 4.79 Å². The molecule has 0 aromatic rings. The summed E-state index contributed by atoms with van der Waals surface area (Å²) in [7, 11) is 0. The van der Waals surface area contributed by atoms with E-state index in [0.29, 0.717) is 12.8 Å². The normalized spacial score (nSPS) is 23.4. The molecule has 0 bridgehead atoms. The van der Waals surface area contributed by atoms with E-state index in [4.69, 9.17) is 9.47 Å². The Morgan fingerprint density at radius 3 is 1.73 bits per heavy atom. The summed E-state index contributed by atoms with van der Waals surface area (Å²) in [4.78, 5) is 12.8. The van der Waals surface area contributed by atoms with Crippen LogP contribution < -0.4 is 5.32 Å². The fraction of sp³-hybridized carbons (Fsp3) is 0.718. The maximum absolute atomic E-state index is 12.8. The monoisotopic (exact) mass is 677 g/mol. The van der Waals surface area contributed by atoms with E-state index in [1.165, 1.54) is 44.9 Å². The van der Waals surface area contributed by atoms with Crippen LogP contribution in [0.5, 0.6) is 0 Å². The Hall–Kier alpha value is -2.11. The molecular formula is C39H67NO8. The lowest BCUT2D eigenvalue weighted by Gasteiger charge is -2.40. The van der Waals surface area contributed by atoms with Gasteiger partial charge in [-0.05, 0) is 38.5 Å². The average Bonchev–Trinajstić information content (AvgIpc) is 3.08. The first kappa shape index (κ1) is 43.9. The minimum absolute atomic E-state index is 0.134. The number of amides is 1. The summed E-state index contributed by atoms with van der Waals surface area (Å²) in [5, 5.41) is 53.8. The van der Waals surface area contributed by atoms with E-state index in [1.807, 2.05) is 6.08 Å². The molecule has 7 atom stereocenters. The molecule has 7 unspecified atom stereocenters. The van der Waals surface area contributed by atoms with Crippen molar-refractivity contribution >= 4 is 5.91 Å². The van der Waals surface area contributed by atoms with Crippen LogP contribution in [-0.4, -0.2) is 87.5 Å². The summed E-state index contributed by atoms with van der Waals surface area (Å²) in [6.07, 6.45) is 29.7. The van der Waals surface area contributed by atoms with E-state index < -0.39 is 49.5 Å². The second kappa shape index (κ2) is 29.8. The second-order valence-corrected chi connectivity index (χ2v) is 12.7. The topological polar surface area (TPSA) is 149 Å². The second-order valence-electron chi connectivity index (χ2n) is 12.7. The summed E-state index contributed by atoms with van der Waals surface area (Å²) >= 11 is 0. The van der Waals surface area contributed by atoms with Gasteiger partial charge in [-0.2, -0.15) is 0 Å². The van der Waals surface area contributed by atoms with Crippen LogP contribution in [0.25, 0.3) is 0 Å². The van der Waals surface area contributed by atoms with Gasteiger partial charge in [0.25, 0.3) is 0 Å². The highest BCUT2D eigenvalue weighted by molar-refractivity contribution is 5.77. The fourth-order valence-electron chi connectivity index (χ4n) is 5.40. The summed E-state index contributed by atoms with van der Waals surface area (Å²) in [6, 6.07) is -0.772. The van der Waals surface area contributed by atoms with Crippen LogP contribution in [0, 0.1) is 0 Å². The highest BCUT2D eigenvalue weighted by Gasteiger charge is 2.44. The molecule has 0 radical (unpaired) electrons. The molecule has 1 aliphatic heterocycles. The maximum atomic E-state index is 12.8. The molecule has 1 fully saturated rings. The SMILES string of the molecule is CC/C=C\C/C=C\C/C=C\C/C=C\C/C=C\CC(=O)NC(COC1OC(CO)C(O)C(O)C1O)C(O)CCCCCCCCCCCC. The van der Waals surface area contributed by atoms with E-state index in [9.17, 15) is 30.3 Å². The van der Waals surface area contributed by atoms with Gasteiger partial charge < -0.3 is 40.3 Å². The number of allylic oxidation sites excluding steroid dienone is 9. The third kappa shape index (κ3) is 21.1. The molecule has 48 heavy (non-hydrogen) atoms. The van der Waals surface area contributed by atoms with Gasteiger partial charge in [-0.15, -0.1) is 0 Å². The van der Waals surface area contributed by atoms with Crippen LogP contribution in [0.4, 0.5) is 0 Å². The average molecular weight is 678 g/mol. The van der Waals surface area contributed by atoms with Gasteiger partial charge in [-0.25, -0.2) is 0 Å². The Bertz CT molecular complexity index is 931. The number of ether oxygens (including phenoxy) is 2. The van der Waals surface area contributed by atoms with Crippen LogP contribution in [-0.2, 0) is 14.3 Å². The zero-order chi connectivity index (χ0) is 35.2. The zero-order valence-electron chi connectivity index (χ0n) is 29.7. The summed E-state index contributed by atoms with van der Waals surface area (Å²) < 4.78 is 11.1. The first-order valence-electron chi connectivity index (χ1n) is 18.5. The van der Waals surface area contributed by atoms with Crippen LogP contribution in [0.2, 0.25) is 0 Å². The lowest BCUT2D eigenvalue weighted by molar-refractivity contribution is -0.302. The number of aliphatic hydroxyl groups excluding tert-OH is 5. The van der Waals surface area contributed by atoms with Gasteiger partial charge >= 0.3 is 0 Å². The molecule has 9 nitrogen and oxygen atoms in total. The lowest BCUT2D eigenvalue weighted by atomic mass is 9.99. The number of carbonyl (C=O) groups is 1. The van der Waals surface area contributed by atoms with Crippen molar-refractivity contribution in [1.82, 2.24) is 5.32 Å². The van der Waals surface area contributed by atoms with Crippen molar-refractivity contribution in [3.05, 3.63) is 60.8 Å². The van der Waals surface area contributed by atoms with Crippen LogP contribution in [0.3, 0.4) is 0 Å². The van der Waals surface area contributed by atoms with Crippen molar-refractivity contribution in [3.63, 3.8) is 0 Å². The van der Waals surface area contributed by atoms with E-state index in [0.717, 1.165) is 44.9 Å². The van der Waals surface area contributed by atoms with Gasteiger partial charge in [0.15, 0.2) is 6.29 Å². The highest BCUT2D eigenvalue weighted by atomic mass is 16.7. The number of aliphatic hydroxyl groups is 5. The van der Waals surface area contributed by atoms with Crippen molar-refractivity contribution in [2.75, 3.05) is 13.2 Å². The molecule has 1 aliphatic rings. The molecule has 6 N–H and O–H groups in total. The molecule has 276 valence electrons. The van der Waals surface area contributed by atoms with Crippen molar-refractivity contribution in [2.45, 2.75) is 166 Å². The van der Waals surface area contributed by atoms with Crippen molar-refractivity contribution in [1.29, 1.82) is 0 Å². The predicted octanol–water partition coefficient (Wildman–Crippen LogP) is 6.10. The van der Waals surface area contributed by atoms with Gasteiger partial charge in [0.2, 0.25) is 5.91 Å². The molecular weight excluding hydrogens is 610 g/mol. The molecule has 0 aromatic heterocycles. The molecule has 1 amide bonds. The first-order chi connectivity index (χ1) is 23.3. The quantitative estimate of drug-likeness (QED) is 0.0430. The van der Waals surface area contributed by atoms with E-state index in [2.05, 4.69) is 67.8 Å². The van der Waals surface area contributed by atoms with Crippen LogP contribution in [0.15, 0.2) is 60.8 Å². The van der Waals surface area contributed by atoms with Gasteiger partial charge in [0.1, 0.15) is 24.4 Å². The number of nitrogens with one attached hydrogen (secondary N) is 1.